The minimum Gasteiger partial charge on any atom is -0.303 e. The van der Waals surface area contributed by atoms with E-state index in [1.165, 1.54) is 16.8 Å². The number of benzene rings is 2. The van der Waals surface area contributed by atoms with Crippen LogP contribution in [0.1, 0.15) is 35.0 Å². The van der Waals surface area contributed by atoms with Gasteiger partial charge in [-0.1, -0.05) is 55.0 Å². The lowest BCUT2D eigenvalue weighted by atomic mass is 10.1. The van der Waals surface area contributed by atoms with Crippen LogP contribution >= 0.6 is 0 Å². The Kier molecular flexibility index (Phi) is 5.81. The highest BCUT2D eigenvalue weighted by Crippen LogP contribution is 2.20. The summed E-state index contributed by atoms with van der Waals surface area (Å²) in [6.45, 7) is 4.90. The molecule has 0 aliphatic heterocycles. The molecule has 0 radical (unpaired) electrons. The van der Waals surface area contributed by atoms with Gasteiger partial charge in [0.05, 0.1) is 6.54 Å². The lowest BCUT2D eigenvalue weighted by Crippen LogP contribution is -2.33. The van der Waals surface area contributed by atoms with Crippen molar-refractivity contribution in [2.75, 3.05) is 4.90 Å². The minimum absolute atomic E-state index is 0.196. The van der Waals surface area contributed by atoms with Crippen LogP contribution in [0.2, 0.25) is 0 Å². The van der Waals surface area contributed by atoms with Gasteiger partial charge in [-0.25, -0.2) is 4.68 Å². The predicted molar refractivity (Wildman–Crippen MR) is 107 cm³/mol. The Morgan fingerprint density at radius 1 is 1.00 bits per heavy atom. The predicted octanol–water partition coefficient (Wildman–Crippen LogP) is 3.81. The summed E-state index contributed by atoms with van der Waals surface area (Å²) < 4.78 is 1.35. The summed E-state index contributed by atoms with van der Waals surface area (Å²) in [7, 11) is 0. The summed E-state index contributed by atoms with van der Waals surface area (Å²) in [6.07, 6.45) is 0.774. The van der Waals surface area contributed by atoms with Gasteiger partial charge in [0.2, 0.25) is 0 Å². The second-order valence-corrected chi connectivity index (χ2v) is 6.49. The molecule has 0 unspecified atom stereocenters. The summed E-state index contributed by atoms with van der Waals surface area (Å²) in [6, 6.07) is 20.5. The molecule has 2 aromatic carbocycles. The largest absolute Gasteiger partial charge is 0.303 e. The quantitative estimate of drug-likeness (QED) is 0.671. The normalized spacial score (nSPS) is 10.6. The first-order valence-corrected chi connectivity index (χ1v) is 9.09. The molecular weight excluding hydrogens is 338 g/mol. The maximum absolute atomic E-state index is 13.3. The Morgan fingerprint density at radius 3 is 2.37 bits per heavy atom. The summed E-state index contributed by atoms with van der Waals surface area (Å²) >= 11 is 0. The van der Waals surface area contributed by atoms with Crippen molar-refractivity contribution < 1.29 is 4.79 Å². The van der Waals surface area contributed by atoms with E-state index in [4.69, 9.17) is 0 Å². The Balaban J connectivity index is 1.99. The van der Waals surface area contributed by atoms with Crippen molar-refractivity contribution in [1.82, 2.24) is 9.78 Å². The first-order valence-electron chi connectivity index (χ1n) is 9.09. The van der Waals surface area contributed by atoms with E-state index >= 15 is 0 Å². The van der Waals surface area contributed by atoms with Gasteiger partial charge in [-0.3, -0.25) is 9.59 Å². The van der Waals surface area contributed by atoms with Crippen LogP contribution in [0.4, 0.5) is 5.69 Å². The van der Waals surface area contributed by atoms with Crippen molar-refractivity contribution in [3.05, 3.63) is 93.9 Å². The zero-order valence-electron chi connectivity index (χ0n) is 15.6. The van der Waals surface area contributed by atoms with Crippen LogP contribution in [0.5, 0.6) is 0 Å². The minimum atomic E-state index is -0.229. The van der Waals surface area contributed by atoms with Crippen molar-refractivity contribution >= 4 is 11.6 Å². The van der Waals surface area contributed by atoms with Crippen LogP contribution < -0.4 is 10.5 Å². The van der Waals surface area contributed by atoms with Gasteiger partial charge in [0.1, 0.15) is 5.69 Å². The third-order valence-corrected chi connectivity index (χ3v) is 4.30. The molecule has 0 atom stereocenters. The van der Waals surface area contributed by atoms with E-state index in [2.05, 4.69) is 5.10 Å². The molecule has 1 heterocycles. The molecule has 5 heteroatoms. The molecule has 0 aliphatic carbocycles. The van der Waals surface area contributed by atoms with E-state index in [0.29, 0.717) is 13.1 Å². The molecule has 0 fully saturated rings. The maximum Gasteiger partial charge on any atom is 0.279 e. The van der Waals surface area contributed by atoms with Gasteiger partial charge in [0.15, 0.2) is 0 Å². The number of carbonyl (C=O) groups is 1. The van der Waals surface area contributed by atoms with Gasteiger partial charge in [0.25, 0.3) is 11.5 Å². The number of aromatic nitrogens is 2. The summed E-state index contributed by atoms with van der Waals surface area (Å²) in [4.78, 5) is 26.9. The van der Waals surface area contributed by atoms with Crippen LogP contribution in [0.25, 0.3) is 0 Å². The molecule has 0 aliphatic rings. The van der Waals surface area contributed by atoms with Gasteiger partial charge in [-0.2, -0.15) is 5.10 Å². The highest BCUT2D eigenvalue weighted by Gasteiger charge is 2.20. The molecule has 1 amide bonds. The Morgan fingerprint density at radius 2 is 1.70 bits per heavy atom. The zero-order valence-corrected chi connectivity index (χ0v) is 15.6. The third-order valence-electron chi connectivity index (χ3n) is 4.30. The fourth-order valence-corrected chi connectivity index (χ4v) is 2.84. The monoisotopic (exact) mass is 361 g/mol. The molecule has 138 valence electrons. The average Bonchev–Trinajstić information content (AvgIpc) is 2.69. The summed E-state index contributed by atoms with van der Waals surface area (Å²) in [5, 5.41) is 4.28. The molecule has 3 rings (SSSR count). The maximum atomic E-state index is 13.3. The fraction of sp³-hybridized carbons (Fsp3) is 0.227. The van der Waals surface area contributed by atoms with Crippen molar-refractivity contribution in [2.45, 2.75) is 33.4 Å². The van der Waals surface area contributed by atoms with E-state index < -0.39 is 0 Å². The van der Waals surface area contributed by atoms with E-state index in [0.717, 1.165) is 23.2 Å². The van der Waals surface area contributed by atoms with E-state index in [-0.39, 0.29) is 17.2 Å². The number of rotatable bonds is 6. The Bertz CT molecular complexity index is 963. The Labute approximate surface area is 158 Å². The standard InChI is InChI=1S/C22H23N3O2/c1-3-15-25-21(26)14-13-20(23-25)22(27)24(16-18-7-5-4-6-8-18)19-11-9-17(2)10-12-19/h4-14H,3,15-16H2,1-2H3. The molecule has 3 aromatic rings. The van der Waals surface area contributed by atoms with Crippen LogP contribution in [0.3, 0.4) is 0 Å². The van der Waals surface area contributed by atoms with Gasteiger partial charge < -0.3 is 4.90 Å². The molecule has 1 aromatic heterocycles. The van der Waals surface area contributed by atoms with Crippen molar-refractivity contribution in [3.63, 3.8) is 0 Å². The van der Waals surface area contributed by atoms with Crippen molar-refractivity contribution in [3.8, 4) is 0 Å². The van der Waals surface area contributed by atoms with E-state index in [1.807, 2.05) is 68.4 Å². The van der Waals surface area contributed by atoms with E-state index in [9.17, 15) is 9.59 Å². The highest BCUT2D eigenvalue weighted by molar-refractivity contribution is 6.04. The van der Waals surface area contributed by atoms with E-state index in [1.54, 1.807) is 4.90 Å². The van der Waals surface area contributed by atoms with Gasteiger partial charge >= 0.3 is 0 Å². The molecule has 0 bridgehead atoms. The van der Waals surface area contributed by atoms with Crippen LogP contribution in [-0.2, 0) is 13.1 Å². The molecule has 0 saturated heterocycles. The Hall–Kier alpha value is -3.21. The zero-order chi connectivity index (χ0) is 19.2. The first-order chi connectivity index (χ1) is 13.1. The van der Waals surface area contributed by atoms with Gasteiger partial charge in [-0.15, -0.1) is 0 Å². The number of aryl methyl sites for hydroxylation is 2. The fourth-order valence-electron chi connectivity index (χ4n) is 2.84. The summed E-state index contributed by atoms with van der Waals surface area (Å²) in [5.41, 5.74) is 3.01. The molecule has 0 N–H and O–H groups in total. The smallest absolute Gasteiger partial charge is 0.279 e. The molecule has 5 nitrogen and oxygen atoms in total. The SMILES string of the molecule is CCCn1nc(C(=O)N(Cc2ccccc2)c2ccc(C)cc2)ccc1=O. The number of carbonyl (C=O) groups excluding carboxylic acids is 1. The van der Waals surface area contributed by atoms with Crippen LogP contribution in [0, 0.1) is 6.92 Å². The first kappa shape index (κ1) is 18.6. The number of nitrogens with zero attached hydrogens (tertiary/aromatic N) is 3. The lowest BCUT2D eigenvalue weighted by molar-refractivity contribution is 0.0977. The van der Waals surface area contributed by atoms with Crippen molar-refractivity contribution in [1.29, 1.82) is 0 Å². The second-order valence-electron chi connectivity index (χ2n) is 6.49. The third kappa shape index (κ3) is 4.50. The van der Waals surface area contributed by atoms with Crippen LogP contribution in [0.15, 0.2) is 71.5 Å². The number of hydrogen-bond acceptors (Lipinski definition) is 3. The van der Waals surface area contributed by atoms with Crippen molar-refractivity contribution in [2.24, 2.45) is 0 Å². The van der Waals surface area contributed by atoms with Gasteiger partial charge in [0, 0.05) is 18.3 Å². The number of anilines is 1. The average molecular weight is 361 g/mol. The topological polar surface area (TPSA) is 55.2 Å². The summed E-state index contributed by atoms with van der Waals surface area (Å²) in [5.74, 6) is -0.229. The molecule has 0 spiro atoms. The molecule has 0 saturated carbocycles. The number of amides is 1. The molecular formula is C22H23N3O2. The highest BCUT2D eigenvalue weighted by atomic mass is 16.2. The lowest BCUT2D eigenvalue weighted by Gasteiger charge is -2.23. The number of hydrogen-bond donors (Lipinski definition) is 0. The van der Waals surface area contributed by atoms with Gasteiger partial charge in [-0.05, 0) is 37.1 Å². The second kappa shape index (κ2) is 8.45. The molecule has 27 heavy (non-hydrogen) atoms. The van der Waals surface area contributed by atoms with Crippen LogP contribution in [-0.4, -0.2) is 15.7 Å².